The van der Waals surface area contributed by atoms with E-state index in [1.807, 2.05) is 23.1 Å². The van der Waals surface area contributed by atoms with Crippen LogP contribution in [-0.4, -0.2) is 50.1 Å². The fourth-order valence-electron chi connectivity index (χ4n) is 3.84. The average Bonchev–Trinajstić information content (AvgIpc) is 2.82. The lowest BCUT2D eigenvalue weighted by atomic mass is 10.0. The van der Waals surface area contributed by atoms with E-state index in [-0.39, 0.29) is 34.1 Å². The van der Waals surface area contributed by atoms with Gasteiger partial charge in [-0.2, -0.15) is 0 Å². The third-order valence-corrected chi connectivity index (χ3v) is 6.30. The summed E-state index contributed by atoms with van der Waals surface area (Å²) in [6, 6.07) is 5.45. The van der Waals surface area contributed by atoms with E-state index in [2.05, 4.69) is 10.2 Å². The molecule has 1 saturated heterocycles. The van der Waals surface area contributed by atoms with Crippen LogP contribution in [0.2, 0.25) is 10.0 Å². The molecule has 160 valence electrons. The Hall–Kier alpha value is -1.95. The van der Waals surface area contributed by atoms with Crippen molar-refractivity contribution in [2.75, 3.05) is 49.5 Å². The fraction of sp³-hybridized carbons (Fsp3) is 0.435. The highest BCUT2D eigenvalue weighted by Gasteiger charge is 2.19. The highest BCUT2D eigenvalue weighted by molar-refractivity contribution is 6.43. The van der Waals surface area contributed by atoms with Crippen molar-refractivity contribution in [1.29, 1.82) is 0 Å². The van der Waals surface area contributed by atoms with Crippen molar-refractivity contribution in [3.63, 3.8) is 0 Å². The van der Waals surface area contributed by atoms with Crippen molar-refractivity contribution >= 4 is 40.5 Å². The molecule has 1 fully saturated rings. The summed E-state index contributed by atoms with van der Waals surface area (Å²) in [7, 11) is 0. The highest BCUT2D eigenvalue weighted by atomic mass is 35.5. The number of aryl methyl sites for hydroxylation is 1. The van der Waals surface area contributed by atoms with Crippen LogP contribution in [0.15, 0.2) is 36.3 Å². The second kappa shape index (κ2) is 9.90. The Morgan fingerprint density at radius 1 is 1.10 bits per heavy atom. The minimum atomic E-state index is -0.198. The number of fused-ring (bicyclic) bond motifs is 1. The number of rotatable bonds is 7. The normalized spacial score (nSPS) is 18.3. The lowest BCUT2D eigenvalue weighted by Crippen LogP contribution is -2.46. The van der Waals surface area contributed by atoms with Crippen molar-refractivity contribution in [1.82, 2.24) is 4.90 Å². The molecule has 30 heavy (non-hydrogen) atoms. The summed E-state index contributed by atoms with van der Waals surface area (Å²) in [5.74, 6) is 0.830. The first-order chi connectivity index (χ1) is 15.8. The van der Waals surface area contributed by atoms with E-state index >= 15 is 0 Å². The molecule has 1 N–H and O–H groups in total. The predicted molar refractivity (Wildman–Crippen MR) is 123 cm³/mol. The molecule has 2 aromatic rings. The number of hydrogen-bond donors (Lipinski definition) is 1. The molecule has 0 aliphatic carbocycles. The Labute approximate surface area is 192 Å². The van der Waals surface area contributed by atoms with Gasteiger partial charge in [0.05, 0.1) is 26.5 Å². The molecule has 5 nitrogen and oxygen atoms in total. The molecule has 4 rings (SSSR count). The van der Waals surface area contributed by atoms with Crippen molar-refractivity contribution in [3.05, 3.63) is 51.9 Å². The van der Waals surface area contributed by atoms with Gasteiger partial charge in [0.15, 0.2) is 0 Å². The van der Waals surface area contributed by atoms with Crippen molar-refractivity contribution in [2.24, 2.45) is 0 Å². The van der Waals surface area contributed by atoms with Crippen molar-refractivity contribution < 1.29 is 13.6 Å². The van der Waals surface area contributed by atoms with Crippen LogP contribution in [0.1, 0.15) is 28.9 Å². The van der Waals surface area contributed by atoms with Gasteiger partial charge in [0.25, 0.3) is 0 Å². The van der Waals surface area contributed by atoms with E-state index in [1.165, 1.54) is 0 Å². The Morgan fingerprint density at radius 2 is 1.93 bits per heavy atom. The Morgan fingerprint density at radius 3 is 2.77 bits per heavy atom. The second-order valence-corrected chi connectivity index (χ2v) is 8.36. The molecular weight excluding hydrogens is 421 g/mol. The third-order valence-electron chi connectivity index (χ3n) is 5.56. The number of amides is 1. The molecule has 2 aliphatic heterocycles. The number of nitrogens with one attached hydrogen (secondary N) is 1. The molecule has 0 unspecified atom stereocenters. The zero-order valence-corrected chi connectivity index (χ0v) is 18.3. The average molecular weight is 451 g/mol. The van der Waals surface area contributed by atoms with E-state index in [1.54, 1.807) is 0 Å². The Kier molecular flexibility index (Phi) is 5.84. The molecule has 2 heterocycles. The largest absolute Gasteiger partial charge is 0.494 e. The van der Waals surface area contributed by atoms with Crippen LogP contribution < -0.4 is 15.0 Å². The first-order valence-corrected chi connectivity index (χ1v) is 11.1. The molecule has 0 spiro atoms. The van der Waals surface area contributed by atoms with Gasteiger partial charge in [-0.15, -0.1) is 0 Å². The molecular formula is C23H27Cl2N3O2. The molecule has 0 atom stereocenters. The maximum absolute atomic E-state index is 11.6. The molecule has 0 aromatic heterocycles. The first-order valence-electron chi connectivity index (χ1n) is 11.8. The van der Waals surface area contributed by atoms with Gasteiger partial charge in [0, 0.05) is 44.4 Å². The van der Waals surface area contributed by atoms with Crippen molar-refractivity contribution in [2.45, 2.75) is 25.7 Å². The van der Waals surface area contributed by atoms with Crippen LogP contribution in [0.25, 0.3) is 0 Å². The van der Waals surface area contributed by atoms with Crippen LogP contribution >= 0.6 is 23.2 Å². The number of benzene rings is 2. The summed E-state index contributed by atoms with van der Waals surface area (Å²) < 4.78 is 29.8. The van der Waals surface area contributed by atoms with Gasteiger partial charge in [-0.1, -0.05) is 35.3 Å². The minimum Gasteiger partial charge on any atom is -0.494 e. The van der Waals surface area contributed by atoms with Gasteiger partial charge < -0.3 is 15.0 Å². The number of carbonyl (C=O) groups excluding carboxylic acids is 1. The maximum atomic E-state index is 11.6. The molecule has 7 heteroatoms. The number of nitrogens with zero attached hydrogens (tertiary/aromatic N) is 2. The molecule has 0 bridgehead atoms. The van der Waals surface area contributed by atoms with Crippen LogP contribution in [0.4, 0.5) is 11.4 Å². The van der Waals surface area contributed by atoms with Gasteiger partial charge in [-0.25, -0.2) is 0 Å². The molecule has 2 aliphatic rings. The number of hydrogen-bond acceptors (Lipinski definition) is 4. The second-order valence-electron chi connectivity index (χ2n) is 7.60. The van der Waals surface area contributed by atoms with Crippen LogP contribution in [-0.2, 0) is 11.2 Å². The number of halogens is 2. The highest BCUT2D eigenvalue weighted by Crippen LogP contribution is 2.33. The molecule has 0 radical (unpaired) electrons. The molecule has 2 aromatic carbocycles. The van der Waals surface area contributed by atoms with E-state index in [0.29, 0.717) is 31.8 Å². The van der Waals surface area contributed by atoms with Gasteiger partial charge in [-0.3, -0.25) is 9.69 Å². The van der Waals surface area contributed by atoms with Crippen LogP contribution in [0, 0.1) is 0 Å². The van der Waals surface area contributed by atoms with Crippen LogP contribution in [0.3, 0.4) is 0 Å². The summed E-state index contributed by atoms with van der Waals surface area (Å²) in [4.78, 5) is 15.9. The van der Waals surface area contributed by atoms with Gasteiger partial charge >= 0.3 is 0 Å². The Bertz CT molecular complexity index is 1020. The zero-order chi connectivity index (χ0) is 23.5. The lowest BCUT2D eigenvalue weighted by Gasteiger charge is -2.36. The summed E-state index contributed by atoms with van der Waals surface area (Å²) in [6.45, 7) is 4.61. The third kappa shape index (κ3) is 5.20. The van der Waals surface area contributed by atoms with E-state index in [4.69, 9.17) is 32.1 Å². The molecule has 0 saturated carbocycles. The summed E-state index contributed by atoms with van der Waals surface area (Å²) in [6.07, 6.45) is 3.24. The van der Waals surface area contributed by atoms with Crippen LogP contribution in [0.5, 0.6) is 5.75 Å². The maximum Gasteiger partial charge on any atom is 0.224 e. The standard InChI is InChI=1S/C23H27Cl2N3O2/c24-19-4-3-5-21(23(19)25)28-13-11-27(12-14-28)10-1-2-15-30-18-8-6-17-7-9-22(29)26-20(17)16-18/h3-6,8,16H,1-2,7,9-15H2,(H,26,29)/i3D,4D,5D. The quantitative estimate of drug-likeness (QED) is 0.611. The van der Waals surface area contributed by atoms with Gasteiger partial charge in [0.1, 0.15) is 5.75 Å². The summed E-state index contributed by atoms with van der Waals surface area (Å²) in [5, 5.41) is 3.13. The minimum absolute atomic E-state index is 0.0383. The number of ether oxygens (including phenoxy) is 1. The smallest absolute Gasteiger partial charge is 0.224 e. The summed E-state index contributed by atoms with van der Waals surface area (Å²) >= 11 is 12.4. The number of piperazine rings is 1. The number of unbranched alkanes of at least 4 members (excludes halogenated alkanes) is 1. The monoisotopic (exact) mass is 450 g/mol. The van der Waals surface area contributed by atoms with E-state index < -0.39 is 0 Å². The molecule has 1 amide bonds. The summed E-state index contributed by atoms with van der Waals surface area (Å²) in [5.41, 5.74) is 2.46. The topological polar surface area (TPSA) is 44.8 Å². The fourth-order valence-corrected chi connectivity index (χ4v) is 4.19. The lowest BCUT2D eigenvalue weighted by molar-refractivity contribution is -0.116. The number of carbonyl (C=O) groups is 1. The first kappa shape index (κ1) is 17.7. The predicted octanol–water partition coefficient (Wildman–Crippen LogP) is 4.86. The van der Waals surface area contributed by atoms with Gasteiger partial charge in [0.2, 0.25) is 5.91 Å². The van der Waals surface area contributed by atoms with E-state index in [0.717, 1.165) is 55.9 Å². The number of anilines is 2. The van der Waals surface area contributed by atoms with E-state index in [9.17, 15) is 4.79 Å². The van der Waals surface area contributed by atoms with Crippen molar-refractivity contribution in [3.8, 4) is 5.75 Å². The van der Waals surface area contributed by atoms with Gasteiger partial charge in [-0.05, 0) is 49.5 Å². The zero-order valence-electron chi connectivity index (χ0n) is 19.8. The Balaban J connectivity index is 1.20. The SMILES string of the molecule is [2H]c1c([2H])c(Cl)c(Cl)c(N2CCN(CCCCOc3ccc4c(c3)NC(=O)CC4)CC2)c1[2H].